The summed E-state index contributed by atoms with van der Waals surface area (Å²) in [6, 6.07) is 7.86. The summed E-state index contributed by atoms with van der Waals surface area (Å²) in [6.07, 6.45) is 0.894. The number of H-pyrrole nitrogens is 1. The monoisotopic (exact) mass is 362 g/mol. The zero-order valence-electron chi connectivity index (χ0n) is 13.5. The average Bonchev–Trinajstić information content (AvgIpc) is 3.21. The van der Waals surface area contributed by atoms with E-state index in [1.165, 1.54) is 11.8 Å². The van der Waals surface area contributed by atoms with Gasteiger partial charge in [0.05, 0.1) is 12.8 Å². The first-order valence-corrected chi connectivity index (χ1v) is 9.44. The second kappa shape index (κ2) is 7.67. The number of thiazole rings is 1. The molecule has 24 heavy (non-hydrogen) atoms. The summed E-state index contributed by atoms with van der Waals surface area (Å²) < 4.78 is 6.84. The topological polar surface area (TPSA) is 72.8 Å². The molecule has 0 spiro atoms. The molecule has 6 nitrogen and oxygen atoms in total. The van der Waals surface area contributed by atoms with Crippen molar-refractivity contribution in [2.45, 2.75) is 30.8 Å². The molecule has 3 rings (SSSR count). The lowest BCUT2D eigenvalue weighted by Crippen LogP contribution is -2.17. The molecule has 1 N–H and O–H groups in total. The van der Waals surface area contributed by atoms with Crippen LogP contribution in [0.2, 0.25) is 0 Å². The number of hydrogen-bond donors (Lipinski definition) is 1. The molecule has 0 unspecified atom stereocenters. The zero-order valence-corrected chi connectivity index (χ0v) is 15.1. The van der Waals surface area contributed by atoms with Gasteiger partial charge in [-0.3, -0.25) is 4.57 Å². The number of benzene rings is 1. The molecule has 1 aromatic carbocycles. The van der Waals surface area contributed by atoms with Crippen molar-refractivity contribution in [2.24, 2.45) is 0 Å². The summed E-state index contributed by atoms with van der Waals surface area (Å²) in [5.74, 6) is 1.51. The number of ether oxygens (including phenoxy) is 1. The Balaban J connectivity index is 1.69. The molecule has 0 bridgehead atoms. The van der Waals surface area contributed by atoms with Gasteiger partial charge >= 0.3 is 5.69 Å². The Morgan fingerprint density at radius 3 is 2.83 bits per heavy atom. The summed E-state index contributed by atoms with van der Waals surface area (Å²) in [5, 5.41) is 10.3. The number of thioether (sulfide) groups is 1. The number of aromatic nitrogens is 4. The second-order valence-corrected chi connectivity index (χ2v) is 6.92. The van der Waals surface area contributed by atoms with Crippen LogP contribution in [0.25, 0.3) is 10.6 Å². The number of hydrogen-bond acceptors (Lipinski definition) is 6. The molecule has 0 aliphatic rings. The lowest BCUT2D eigenvalue weighted by molar-refractivity contribution is 0.415. The van der Waals surface area contributed by atoms with Gasteiger partial charge in [0.15, 0.2) is 5.16 Å². The molecule has 0 radical (unpaired) electrons. The van der Waals surface area contributed by atoms with Crippen molar-refractivity contribution in [3.63, 3.8) is 0 Å². The normalized spacial score (nSPS) is 10.9. The maximum absolute atomic E-state index is 11.7. The predicted octanol–water partition coefficient (Wildman–Crippen LogP) is 3.41. The molecule has 0 atom stereocenters. The minimum Gasteiger partial charge on any atom is -0.497 e. The third-order valence-corrected chi connectivity index (χ3v) is 5.36. The average molecular weight is 362 g/mol. The van der Waals surface area contributed by atoms with Crippen LogP contribution in [0.4, 0.5) is 0 Å². The smallest absolute Gasteiger partial charge is 0.343 e. The molecule has 0 amide bonds. The Hall–Kier alpha value is -2.06. The summed E-state index contributed by atoms with van der Waals surface area (Å²) >= 11 is 3.13. The Bertz CT molecular complexity index is 852. The fourth-order valence-corrected chi connectivity index (χ4v) is 4.01. The molecule has 3 aromatic rings. The molecule has 8 heteroatoms. The van der Waals surface area contributed by atoms with Gasteiger partial charge in [-0.15, -0.1) is 16.4 Å². The van der Waals surface area contributed by atoms with E-state index in [1.807, 2.05) is 36.6 Å². The highest BCUT2D eigenvalue weighted by molar-refractivity contribution is 7.98. The van der Waals surface area contributed by atoms with Crippen molar-refractivity contribution in [2.75, 3.05) is 7.11 Å². The SMILES string of the molecule is CCCn1c(SCc2csc(-c3ccc(OC)cc3)n2)n[nH]c1=O. The molecule has 0 saturated carbocycles. The van der Waals surface area contributed by atoms with Crippen LogP contribution in [-0.4, -0.2) is 26.9 Å². The zero-order chi connectivity index (χ0) is 16.9. The third-order valence-electron chi connectivity index (χ3n) is 3.41. The van der Waals surface area contributed by atoms with Gasteiger partial charge in [-0.1, -0.05) is 18.7 Å². The highest BCUT2D eigenvalue weighted by Gasteiger charge is 2.10. The van der Waals surface area contributed by atoms with Gasteiger partial charge in [0.25, 0.3) is 0 Å². The quantitative estimate of drug-likeness (QED) is 0.652. The van der Waals surface area contributed by atoms with E-state index in [-0.39, 0.29) is 5.69 Å². The van der Waals surface area contributed by atoms with Gasteiger partial charge < -0.3 is 4.74 Å². The molecular formula is C16H18N4O2S2. The third kappa shape index (κ3) is 3.70. The van der Waals surface area contributed by atoms with Crippen molar-refractivity contribution in [1.82, 2.24) is 19.7 Å². The van der Waals surface area contributed by atoms with E-state index in [1.54, 1.807) is 23.0 Å². The molecular weight excluding hydrogens is 344 g/mol. The largest absolute Gasteiger partial charge is 0.497 e. The molecule has 0 saturated heterocycles. The first-order valence-electron chi connectivity index (χ1n) is 7.58. The van der Waals surface area contributed by atoms with Crippen LogP contribution in [0.5, 0.6) is 5.75 Å². The van der Waals surface area contributed by atoms with Crippen LogP contribution in [0.3, 0.4) is 0 Å². The molecule has 0 fully saturated rings. The first-order chi connectivity index (χ1) is 11.7. The van der Waals surface area contributed by atoms with Crippen LogP contribution in [0.1, 0.15) is 19.0 Å². The Morgan fingerprint density at radius 1 is 1.33 bits per heavy atom. The van der Waals surface area contributed by atoms with Crippen LogP contribution < -0.4 is 10.4 Å². The summed E-state index contributed by atoms with van der Waals surface area (Å²) in [5.41, 5.74) is 1.89. The molecule has 0 aliphatic carbocycles. The Morgan fingerprint density at radius 2 is 2.12 bits per heavy atom. The second-order valence-electron chi connectivity index (χ2n) is 5.12. The summed E-state index contributed by atoms with van der Waals surface area (Å²) in [6.45, 7) is 2.71. The number of rotatable bonds is 7. The van der Waals surface area contributed by atoms with Crippen LogP contribution in [-0.2, 0) is 12.3 Å². The molecule has 2 aromatic heterocycles. The fourth-order valence-electron chi connectivity index (χ4n) is 2.21. The fraction of sp³-hybridized carbons (Fsp3) is 0.312. The number of methoxy groups -OCH3 is 1. The Labute approximate surface area is 147 Å². The van der Waals surface area contributed by atoms with Gasteiger partial charge in [0.1, 0.15) is 10.8 Å². The minimum absolute atomic E-state index is 0.156. The van der Waals surface area contributed by atoms with Crippen LogP contribution in [0.15, 0.2) is 39.6 Å². The van der Waals surface area contributed by atoms with E-state index >= 15 is 0 Å². The highest BCUT2D eigenvalue weighted by Crippen LogP contribution is 2.28. The minimum atomic E-state index is -0.156. The summed E-state index contributed by atoms with van der Waals surface area (Å²) in [4.78, 5) is 16.4. The lowest BCUT2D eigenvalue weighted by Gasteiger charge is -2.02. The molecule has 0 aliphatic heterocycles. The van der Waals surface area contributed by atoms with E-state index in [9.17, 15) is 4.79 Å². The van der Waals surface area contributed by atoms with Crippen molar-refractivity contribution < 1.29 is 4.74 Å². The van der Waals surface area contributed by atoms with E-state index in [4.69, 9.17) is 4.74 Å². The van der Waals surface area contributed by atoms with Crippen molar-refractivity contribution in [3.05, 3.63) is 45.8 Å². The maximum atomic E-state index is 11.7. The molecule has 126 valence electrons. The van der Waals surface area contributed by atoms with Gasteiger partial charge in [0.2, 0.25) is 0 Å². The van der Waals surface area contributed by atoms with E-state index in [0.717, 1.165) is 28.4 Å². The van der Waals surface area contributed by atoms with E-state index in [2.05, 4.69) is 15.2 Å². The number of nitrogens with zero attached hydrogens (tertiary/aromatic N) is 3. The van der Waals surface area contributed by atoms with Crippen molar-refractivity contribution >= 4 is 23.1 Å². The molecule has 2 heterocycles. The van der Waals surface area contributed by atoms with Crippen LogP contribution in [0, 0.1) is 0 Å². The van der Waals surface area contributed by atoms with Gasteiger partial charge in [-0.2, -0.15) is 0 Å². The lowest BCUT2D eigenvalue weighted by atomic mass is 10.2. The predicted molar refractivity (Wildman–Crippen MR) is 96.8 cm³/mol. The van der Waals surface area contributed by atoms with Crippen LogP contribution >= 0.6 is 23.1 Å². The first kappa shape index (κ1) is 16.8. The van der Waals surface area contributed by atoms with E-state index < -0.39 is 0 Å². The van der Waals surface area contributed by atoms with Gasteiger partial charge in [-0.05, 0) is 30.7 Å². The van der Waals surface area contributed by atoms with Crippen molar-refractivity contribution in [1.29, 1.82) is 0 Å². The van der Waals surface area contributed by atoms with Gasteiger partial charge in [0, 0.05) is 23.2 Å². The number of aromatic amines is 1. The summed E-state index contributed by atoms with van der Waals surface area (Å²) in [7, 11) is 1.65. The van der Waals surface area contributed by atoms with E-state index in [0.29, 0.717) is 17.5 Å². The standard InChI is InChI=1S/C16H18N4O2S2/c1-3-8-20-15(21)18-19-16(20)24-10-12-9-23-14(17-12)11-4-6-13(22-2)7-5-11/h4-7,9H,3,8,10H2,1-2H3,(H,18,21). The highest BCUT2D eigenvalue weighted by atomic mass is 32.2. The van der Waals surface area contributed by atoms with Crippen molar-refractivity contribution in [3.8, 4) is 16.3 Å². The number of nitrogens with one attached hydrogen (secondary N) is 1. The van der Waals surface area contributed by atoms with Gasteiger partial charge in [-0.25, -0.2) is 14.9 Å². The maximum Gasteiger partial charge on any atom is 0.343 e. The Kier molecular flexibility index (Phi) is 5.37.